The Morgan fingerprint density at radius 3 is 3.15 bits per heavy atom. The molecule has 1 aliphatic rings. The van der Waals surface area contributed by atoms with Gasteiger partial charge in [0, 0.05) is 11.9 Å². The molecule has 0 fully saturated rings. The zero-order valence-corrected chi connectivity index (χ0v) is 7.96. The lowest BCUT2D eigenvalue weighted by atomic mass is 10.2. The monoisotopic (exact) mass is 173 g/mol. The van der Waals surface area contributed by atoms with Crippen molar-refractivity contribution in [3.63, 3.8) is 0 Å². The largest absolute Gasteiger partial charge is 0.362 e. The minimum Gasteiger partial charge on any atom is -0.362 e. The van der Waals surface area contributed by atoms with Gasteiger partial charge in [-0.05, 0) is 25.5 Å². The molecular weight excluding hydrogens is 158 g/mol. The number of allylic oxidation sites excluding steroid dienone is 7. The van der Waals surface area contributed by atoms with Crippen LogP contribution in [0.5, 0.6) is 0 Å². The van der Waals surface area contributed by atoms with Crippen LogP contribution in [0.4, 0.5) is 0 Å². The van der Waals surface area contributed by atoms with Crippen LogP contribution >= 0.6 is 0 Å². The molecular formula is C12H15N. The van der Waals surface area contributed by atoms with Gasteiger partial charge in [0.1, 0.15) is 0 Å². The van der Waals surface area contributed by atoms with Crippen LogP contribution in [0.25, 0.3) is 0 Å². The van der Waals surface area contributed by atoms with E-state index in [-0.39, 0.29) is 0 Å². The zero-order valence-electron chi connectivity index (χ0n) is 7.96. The third-order valence-electron chi connectivity index (χ3n) is 1.78. The molecule has 0 saturated carbocycles. The first kappa shape index (κ1) is 9.59. The Morgan fingerprint density at radius 2 is 2.38 bits per heavy atom. The predicted octanol–water partition coefficient (Wildman–Crippen LogP) is 3.07. The van der Waals surface area contributed by atoms with Crippen LogP contribution in [-0.2, 0) is 0 Å². The van der Waals surface area contributed by atoms with E-state index in [1.807, 2.05) is 12.3 Å². The SMILES string of the molecule is C=C/C=C\NC1=CCC(C)=CC=C1. The van der Waals surface area contributed by atoms with Crippen LogP contribution in [0.2, 0.25) is 0 Å². The molecule has 0 heterocycles. The first-order valence-corrected chi connectivity index (χ1v) is 4.41. The van der Waals surface area contributed by atoms with Crippen molar-refractivity contribution in [3.8, 4) is 0 Å². The third kappa shape index (κ3) is 3.61. The maximum Gasteiger partial charge on any atom is 0.0342 e. The van der Waals surface area contributed by atoms with Crippen molar-refractivity contribution in [2.45, 2.75) is 13.3 Å². The van der Waals surface area contributed by atoms with Gasteiger partial charge in [0.05, 0.1) is 0 Å². The van der Waals surface area contributed by atoms with E-state index in [0.29, 0.717) is 0 Å². The summed E-state index contributed by atoms with van der Waals surface area (Å²) in [6, 6.07) is 0. The van der Waals surface area contributed by atoms with Crippen molar-refractivity contribution in [2.24, 2.45) is 0 Å². The minimum absolute atomic E-state index is 1.01. The summed E-state index contributed by atoms with van der Waals surface area (Å²) in [5.41, 5.74) is 2.51. The van der Waals surface area contributed by atoms with Gasteiger partial charge in [0.2, 0.25) is 0 Å². The second-order valence-corrected chi connectivity index (χ2v) is 2.97. The van der Waals surface area contributed by atoms with Crippen LogP contribution in [0.1, 0.15) is 13.3 Å². The number of hydrogen-bond donors (Lipinski definition) is 1. The molecule has 0 saturated heterocycles. The lowest BCUT2D eigenvalue weighted by Gasteiger charge is -1.99. The Hall–Kier alpha value is -1.50. The summed E-state index contributed by atoms with van der Waals surface area (Å²) in [7, 11) is 0. The summed E-state index contributed by atoms with van der Waals surface area (Å²) >= 11 is 0. The summed E-state index contributed by atoms with van der Waals surface area (Å²) in [5.74, 6) is 0. The molecule has 68 valence electrons. The fourth-order valence-electron chi connectivity index (χ4n) is 1.04. The van der Waals surface area contributed by atoms with E-state index in [1.54, 1.807) is 6.08 Å². The van der Waals surface area contributed by atoms with Crippen molar-refractivity contribution < 1.29 is 0 Å². The van der Waals surface area contributed by atoms with Gasteiger partial charge in [-0.1, -0.05) is 36.5 Å². The maximum absolute atomic E-state index is 3.60. The van der Waals surface area contributed by atoms with Gasteiger partial charge in [-0.3, -0.25) is 0 Å². The quantitative estimate of drug-likeness (QED) is 0.647. The minimum atomic E-state index is 1.01. The van der Waals surface area contributed by atoms with Crippen molar-refractivity contribution in [1.82, 2.24) is 5.32 Å². The normalized spacial score (nSPS) is 16.4. The molecule has 0 radical (unpaired) electrons. The second-order valence-electron chi connectivity index (χ2n) is 2.97. The fourth-order valence-corrected chi connectivity index (χ4v) is 1.04. The first-order valence-electron chi connectivity index (χ1n) is 4.41. The zero-order chi connectivity index (χ0) is 9.52. The molecule has 1 N–H and O–H groups in total. The van der Waals surface area contributed by atoms with Crippen molar-refractivity contribution in [3.05, 3.63) is 60.5 Å². The van der Waals surface area contributed by atoms with Gasteiger partial charge >= 0.3 is 0 Å². The molecule has 0 aromatic carbocycles. The van der Waals surface area contributed by atoms with Crippen molar-refractivity contribution in [1.29, 1.82) is 0 Å². The van der Waals surface area contributed by atoms with E-state index in [9.17, 15) is 0 Å². The van der Waals surface area contributed by atoms with E-state index in [2.05, 4.69) is 43.1 Å². The van der Waals surface area contributed by atoms with Crippen LogP contribution < -0.4 is 5.32 Å². The van der Waals surface area contributed by atoms with Crippen molar-refractivity contribution in [2.75, 3.05) is 0 Å². The Balaban J connectivity index is 2.53. The van der Waals surface area contributed by atoms with Crippen LogP contribution in [0, 0.1) is 0 Å². The van der Waals surface area contributed by atoms with Gasteiger partial charge in [-0.2, -0.15) is 0 Å². The van der Waals surface area contributed by atoms with E-state index in [0.717, 1.165) is 12.1 Å². The summed E-state index contributed by atoms with van der Waals surface area (Å²) < 4.78 is 0. The Morgan fingerprint density at radius 1 is 1.54 bits per heavy atom. The van der Waals surface area contributed by atoms with E-state index in [1.165, 1.54) is 5.57 Å². The van der Waals surface area contributed by atoms with Gasteiger partial charge in [-0.15, -0.1) is 0 Å². The summed E-state index contributed by atoms with van der Waals surface area (Å²) in [4.78, 5) is 0. The number of hydrogen-bond acceptors (Lipinski definition) is 1. The van der Waals surface area contributed by atoms with Crippen LogP contribution in [0.3, 0.4) is 0 Å². The van der Waals surface area contributed by atoms with Crippen molar-refractivity contribution >= 4 is 0 Å². The standard InChI is InChI=1S/C12H15N/c1-3-4-10-13-12-7-5-6-11(2)8-9-12/h3-7,9-10,13H,1,8H2,2H3/b10-4-. The molecule has 1 heteroatoms. The van der Waals surface area contributed by atoms with Crippen LogP contribution in [-0.4, -0.2) is 0 Å². The summed E-state index contributed by atoms with van der Waals surface area (Å²) in [5, 5.41) is 3.17. The molecule has 13 heavy (non-hydrogen) atoms. The molecule has 1 rings (SSSR count). The van der Waals surface area contributed by atoms with E-state index < -0.39 is 0 Å². The van der Waals surface area contributed by atoms with Gasteiger partial charge < -0.3 is 5.32 Å². The smallest absolute Gasteiger partial charge is 0.0342 e. The molecule has 0 aromatic rings. The lowest BCUT2D eigenvalue weighted by Crippen LogP contribution is -2.01. The fraction of sp³-hybridized carbons (Fsp3) is 0.167. The Kier molecular flexibility index (Phi) is 3.83. The molecule has 0 unspecified atom stereocenters. The average Bonchev–Trinajstić information content (AvgIpc) is 2.32. The highest BCUT2D eigenvalue weighted by Crippen LogP contribution is 2.08. The Bertz CT molecular complexity index is 290. The first-order chi connectivity index (χ1) is 6.33. The number of nitrogens with one attached hydrogen (secondary N) is 1. The molecule has 0 atom stereocenters. The second kappa shape index (κ2) is 5.20. The maximum atomic E-state index is 3.60. The highest BCUT2D eigenvalue weighted by atomic mass is 14.8. The highest BCUT2D eigenvalue weighted by Gasteiger charge is 1.92. The van der Waals surface area contributed by atoms with Crippen LogP contribution in [0.15, 0.2) is 60.5 Å². The van der Waals surface area contributed by atoms with E-state index >= 15 is 0 Å². The molecule has 1 aliphatic carbocycles. The third-order valence-corrected chi connectivity index (χ3v) is 1.78. The molecule has 0 aliphatic heterocycles. The van der Waals surface area contributed by atoms with Gasteiger partial charge in [-0.25, -0.2) is 0 Å². The number of rotatable bonds is 3. The topological polar surface area (TPSA) is 12.0 Å². The summed E-state index contributed by atoms with van der Waals surface area (Å²) in [6.45, 7) is 5.73. The molecule has 0 spiro atoms. The summed E-state index contributed by atoms with van der Waals surface area (Å²) in [6.07, 6.45) is 14.9. The van der Waals surface area contributed by atoms with Gasteiger partial charge in [0.15, 0.2) is 0 Å². The highest BCUT2D eigenvalue weighted by molar-refractivity contribution is 5.29. The van der Waals surface area contributed by atoms with E-state index in [4.69, 9.17) is 0 Å². The molecule has 0 amide bonds. The molecule has 1 nitrogen and oxygen atoms in total. The predicted molar refractivity (Wildman–Crippen MR) is 58.1 cm³/mol. The molecule has 0 bridgehead atoms. The molecule has 0 aromatic heterocycles. The Labute approximate surface area is 79.8 Å². The van der Waals surface area contributed by atoms with Gasteiger partial charge in [0.25, 0.3) is 0 Å². The average molecular weight is 173 g/mol. The lowest BCUT2D eigenvalue weighted by molar-refractivity contribution is 1.08.